The van der Waals surface area contributed by atoms with Crippen LogP contribution in [0.15, 0.2) is 42.5 Å². The van der Waals surface area contributed by atoms with Gasteiger partial charge in [0.25, 0.3) is 0 Å². The highest BCUT2D eigenvalue weighted by molar-refractivity contribution is 7.85. The van der Waals surface area contributed by atoms with Crippen molar-refractivity contribution in [2.45, 2.75) is 93.9 Å². The first-order valence-corrected chi connectivity index (χ1v) is 15.8. The maximum atomic E-state index is 13.2. The summed E-state index contributed by atoms with van der Waals surface area (Å²) in [6.07, 6.45) is -5.22. The molecule has 0 aromatic heterocycles. The molecular weight excluding hydrogens is 595 g/mol. The number of hydrogen-bond donors (Lipinski definition) is 3. The molecule has 1 aliphatic rings. The van der Waals surface area contributed by atoms with Gasteiger partial charge in [0, 0.05) is 45.6 Å². The van der Waals surface area contributed by atoms with Crippen molar-refractivity contribution in [1.82, 2.24) is 0 Å². The molecule has 2 aromatic carbocycles. The summed E-state index contributed by atoms with van der Waals surface area (Å²) in [7, 11) is -1.74. The Morgan fingerprint density at radius 1 is 1.05 bits per heavy atom. The molecule has 0 spiro atoms. The second kappa shape index (κ2) is 14.3. The number of ether oxygens (including phenoxy) is 1. The molecule has 0 amide bonds. The van der Waals surface area contributed by atoms with Crippen LogP contribution in [0, 0.1) is 5.92 Å². The highest BCUT2D eigenvalue weighted by atomic mass is 32.2. The lowest BCUT2D eigenvalue weighted by molar-refractivity contribution is -0.284. The molecule has 3 N–H and O–H groups in total. The van der Waals surface area contributed by atoms with E-state index in [-0.39, 0.29) is 36.0 Å². The number of phenols is 2. The third-order valence-corrected chi connectivity index (χ3v) is 10.4. The maximum Gasteiger partial charge on any atom is 0.453 e. The third-order valence-electron chi connectivity index (χ3n) is 8.47. The molecule has 1 aliphatic heterocycles. The van der Waals surface area contributed by atoms with Gasteiger partial charge in [-0.2, -0.15) is 22.0 Å². The summed E-state index contributed by atoms with van der Waals surface area (Å²) in [5.74, 6) is -6.38. The molecule has 3 rings (SSSR count). The average molecular weight is 635 g/mol. The van der Waals surface area contributed by atoms with Crippen LogP contribution < -0.4 is 4.74 Å². The largest absolute Gasteiger partial charge is 0.508 e. The van der Waals surface area contributed by atoms with Crippen LogP contribution in [0.3, 0.4) is 0 Å². The van der Waals surface area contributed by atoms with Gasteiger partial charge in [0.2, 0.25) is 0 Å². The Labute approximate surface area is 250 Å². The van der Waals surface area contributed by atoms with E-state index >= 15 is 0 Å². The van der Waals surface area contributed by atoms with Crippen LogP contribution in [0.4, 0.5) is 22.0 Å². The van der Waals surface area contributed by atoms with Crippen LogP contribution in [-0.2, 0) is 21.0 Å². The number of halogens is 5. The van der Waals surface area contributed by atoms with Gasteiger partial charge in [-0.1, -0.05) is 44.9 Å². The first kappa shape index (κ1) is 34.6. The standard InChI is InChI=1S/C31H39F5O6S/c1-3-24(43(41)16-6-15-30(32,33)31(34,35)36)17-20(28(39)40)7-4-5-8-26-25-14-13-23(38)18-27(25)42-19-29(26,2)21-9-11-22(37)12-10-21/h9-14,18,20,24,26,37-38H,3-8,15-17,19H2,1-2H3,(H,39,40). The minimum Gasteiger partial charge on any atom is -0.508 e. The number of rotatable bonds is 15. The summed E-state index contributed by atoms with van der Waals surface area (Å²) in [5.41, 5.74) is 1.39. The van der Waals surface area contributed by atoms with E-state index in [2.05, 4.69) is 6.92 Å². The molecule has 0 radical (unpaired) electrons. The van der Waals surface area contributed by atoms with Gasteiger partial charge in [-0.05, 0) is 61.4 Å². The summed E-state index contributed by atoms with van der Waals surface area (Å²) < 4.78 is 82.5. The Hall–Kier alpha value is -2.89. The topological polar surface area (TPSA) is 104 Å². The highest BCUT2D eigenvalue weighted by Crippen LogP contribution is 2.50. The van der Waals surface area contributed by atoms with Gasteiger partial charge in [-0.15, -0.1) is 0 Å². The minimum absolute atomic E-state index is 0.0404. The number of carbonyl (C=O) groups is 1. The Morgan fingerprint density at radius 2 is 1.70 bits per heavy atom. The zero-order chi connectivity index (χ0) is 32.0. The van der Waals surface area contributed by atoms with E-state index in [1.54, 1.807) is 31.2 Å². The fourth-order valence-electron chi connectivity index (χ4n) is 5.81. The van der Waals surface area contributed by atoms with Crippen molar-refractivity contribution in [1.29, 1.82) is 0 Å². The van der Waals surface area contributed by atoms with Crippen molar-refractivity contribution in [2.24, 2.45) is 5.92 Å². The van der Waals surface area contributed by atoms with Gasteiger partial charge < -0.3 is 20.1 Å². The van der Waals surface area contributed by atoms with Gasteiger partial charge in [-0.3, -0.25) is 9.00 Å². The number of fused-ring (bicyclic) bond motifs is 1. The summed E-state index contributed by atoms with van der Waals surface area (Å²) in [4.78, 5) is 12.1. The molecule has 0 aliphatic carbocycles. The Bertz CT molecular complexity index is 1250. The van der Waals surface area contributed by atoms with E-state index in [1.165, 1.54) is 0 Å². The fraction of sp³-hybridized carbons (Fsp3) is 0.581. The number of unbranched alkanes of at least 4 members (excludes halogenated alkanes) is 1. The Balaban J connectivity index is 1.63. The maximum absolute atomic E-state index is 13.2. The van der Waals surface area contributed by atoms with Crippen LogP contribution in [0.5, 0.6) is 17.2 Å². The molecule has 0 saturated heterocycles. The van der Waals surface area contributed by atoms with E-state index in [0.29, 0.717) is 38.0 Å². The van der Waals surface area contributed by atoms with E-state index in [9.17, 15) is 46.3 Å². The zero-order valence-electron chi connectivity index (χ0n) is 24.2. The quantitative estimate of drug-likeness (QED) is 0.137. The van der Waals surface area contributed by atoms with Crippen LogP contribution in [0.1, 0.15) is 82.3 Å². The first-order valence-electron chi connectivity index (χ1n) is 14.4. The van der Waals surface area contributed by atoms with Crippen LogP contribution in [0.2, 0.25) is 0 Å². The second-order valence-corrected chi connectivity index (χ2v) is 13.3. The lowest BCUT2D eigenvalue weighted by Gasteiger charge is -2.43. The van der Waals surface area contributed by atoms with Gasteiger partial charge in [0.15, 0.2) is 0 Å². The lowest BCUT2D eigenvalue weighted by atomic mass is 9.66. The molecule has 0 bridgehead atoms. The van der Waals surface area contributed by atoms with E-state index in [0.717, 1.165) is 11.1 Å². The zero-order valence-corrected chi connectivity index (χ0v) is 25.0. The van der Waals surface area contributed by atoms with Crippen molar-refractivity contribution in [3.63, 3.8) is 0 Å². The average Bonchev–Trinajstić information content (AvgIpc) is 2.93. The molecule has 0 saturated carbocycles. The number of phenolic OH excluding ortho intramolecular Hbond substituents is 2. The number of carboxylic acids is 1. The minimum atomic E-state index is -5.66. The summed E-state index contributed by atoms with van der Waals surface area (Å²) in [5, 5.41) is 29.0. The van der Waals surface area contributed by atoms with Gasteiger partial charge in [0.05, 0.1) is 12.5 Å². The Morgan fingerprint density at radius 3 is 2.30 bits per heavy atom. The van der Waals surface area contributed by atoms with Crippen molar-refractivity contribution < 1.29 is 51.0 Å². The Kier molecular flexibility index (Phi) is 11.5. The molecule has 240 valence electrons. The predicted molar refractivity (Wildman–Crippen MR) is 153 cm³/mol. The fourth-order valence-corrected chi connectivity index (χ4v) is 7.39. The summed E-state index contributed by atoms with van der Waals surface area (Å²) in [6.45, 7) is 4.08. The first-order chi connectivity index (χ1) is 20.1. The molecule has 43 heavy (non-hydrogen) atoms. The number of carboxylic acid groups (broad SMARTS) is 1. The van der Waals surface area contributed by atoms with Crippen molar-refractivity contribution >= 4 is 16.8 Å². The van der Waals surface area contributed by atoms with Crippen molar-refractivity contribution in [3.8, 4) is 17.2 Å². The summed E-state index contributed by atoms with van der Waals surface area (Å²) in [6, 6.07) is 11.9. The van der Waals surface area contributed by atoms with Gasteiger partial charge in [0.1, 0.15) is 17.2 Å². The molecule has 1 heterocycles. The smallest absolute Gasteiger partial charge is 0.453 e. The van der Waals surface area contributed by atoms with Crippen LogP contribution in [0.25, 0.3) is 0 Å². The normalized spacial score (nSPS) is 21.0. The van der Waals surface area contributed by atoms with E-state index < -0.39 is 58.3 Å². The molecule has 12 heteroatoms. The molecule has 6 nitrogen and oxygen atoms in total. The van der Waals surface area contributed by atoms with Gasteiger partial charge >= 0.3 is 18.1 Å². The van der Waals surface area contributed by atoms with Gasteiger partial charge in [-0.25, -0.2) is 0 Å². The summed E-state index contributed by atoms with van der Waals surface area (Å²) >= 11 is 0. The molecule has 0 fully saturated rings. The SMILES string of the molecule is CCC(CC(CCCCC1c2ccc(O)cc2OCC1(C)c1ccc(O)cc1)C(=O)O)S(=O)CCCC(F)(F)C(F)(F)F. The lowest BCUT2D eigenvalue weighted by Crippen LogP contribution is -2.40. The predicted octanol–water partition coefficient (Wildman–Crippen LogP) is 7.69. The number of benzene rings is 2. The number of hydrogen-bond acceptors (Lipinski definition) is 5. The number of aromatic hydroxyl groups is 2. The monoisotopic (exact) mass is 634 g/mol. The van der Waals surface area contributed by atoms with Crippen LogP contribution in [-0.4, -0.2) is 55.2 Å². The van der Waals surface area contributed by atoms with Crippen molar-refractivity contribution in [2.75, 3.05) is 12.4 Å². The molecule has 2 aromatic rings. The van der Waals surface area contributed by atoms with Crippen molar-refractivity contribution in [3.05, 3.63) is 53.6 Å². The van der Waals surface area contributed by atoms with E-state index in [4.69, 9.17) is 4.74 Å². The molecule has 5 atom stereocenters. The molecule has 5 unspecified atom stereocenters. The second-order valence-electron chi connectivity index (χ2n) is 11.5. The number of alkyl halides is 5. The van der Waals surface area contributed by atoms with E-state index in [1.807, 2.05) is 18.2 Å². The molecular formula is C31H39F5O6S. The third kappa shape index (κ3) is 8.61. The number of aliphatic carboxylic acids is 1. The van der Waals surface area contributed by atoms with Crippen LogP contribution >= 0.6 is 0 Å². The highest BCUT2D eigenvalue weighted by Gasteiger charge is 2.56.